The molecule has 0 spiro atoms. The second-order valence-corrected chi connectivity index (χ2v) is 8.53. The van der Waals surface area contributed by atoms with E-state index in [9.17, 15) is 9.59 Å². The first-order valence-electron chi connectivity index (χ1n) is 10.6. The summed E-state index contributed by atoms with van der Waals surface area (Å²) in [6.07, 6.45) is 1.88. The van der Waals surface area contributed by atoms with E-state index in [-0.39, 0.29) is 23.9 Å². The highest BCUT2D eigenvalue weighted by molar-refractivity contribution is 5.85. The first-order chi connectivity index (χ1) is 14.6. The van der Waals surface area contributed by atoms with E-state index in [0.29, 0.717) is 41.7 Å². The molecule has 2 aliphatic rings. The summed E-state index contributed by atoms with van der Waals surface area (Å²) in [7, 11) is 2.18. The number of fused-ring (bicyclic) bond motifs is 2. The van der Waals surface area contributed by atoms with Gasteiger partial charge >= 0.3 is 0 Å². The Morgan fingerprint density at radius 2 is 1.77 bits per heavy atom. The van der Waals surface area contributed by atoms with E-state index in [4.69, 9.17) is 0 Å². The summed E-state index contributed by atoms with van der Waals surface area (Å²) in [6.45, 7) is 2.98. The molecule has 0 bridgehead atoms. The Kier molecular flexibility index (Phi) is 6.12. The molecule has 31 heavy (non-hydrogen) atoms. The molecule has 2 aliphatic heterocycles. The molecule has 2 fully saturated rings. The Balaban J connectivity index is 0.00000231. The van der Waals surface area contributed by atoms with Gasteiger partial charge in [0.1, 0.15) is 0 Å². The molecule has 1 amide bonds. The lowest BCUT2D eigenvalue weighted by molar-refractivity contribution is -0.130. The van der Waals surface area contributed by atoms with Crippen molar-refractivity contribution in [3.05, 3.63) is 76.8 Å². The maximum atomic E-state index is 12.9. The number of carbonyl (C=O) groups excluding carboxylic acids is 1. The Morgan fingerprint density at radius 1 is 1.03 bits per heavy atom. The van der Waals surface area contributed by atoms with Crippen molar-refractivity contribution < 1.29 is 4.79 Å². The van der Waals surface area contributed by atoms with Crippen molar-refractivity contribution in [2.24, 2.45) is 11.8 Å². The fourth-order valence-corrected chi connectivity index (χ4v) is 5.25. The highest BCUT2D eigenvalue weighted by atomic mass is 35.5. The number of para-hydroxylation sites is 1. The fraction of sp³-hybridized carbons (Fsp3) is 0.375. The van der Waals surface area contributed by atoms with Crippen LogP contribution in [0.2, 0.25) is 0 Å². The van der Waals surface area contributed by atoms with Crippen LogP contribution in [0.15, 0.2) is 65.7 Å². The van der Waals surface area contributed by atoms with Gasteiger partial charge in [-0.2, -0.15) is 0 Å². The van der Waals surface area contributed by atoms with Gasteiger partial charge in [-0.25, -0.2) is 4.98 Å². The smallest absolute Gasteiger partial charge is 0.261 e. The molecule has 2 aromatic carbocycles. The third-order valence-corrected chi connectivity index (χ3v) is 6.69. The molecule has 3 atom stereocenters. The molecule has 162 valence electrons. The second kappa shape index (κ2) is 8.81. The maximum absolute atomic E-state index is 12.9. The van der Waals surface area contributed by atoms with Gasteiger partial charge in [-0.15, -0.1) is 12.4 Å². The number of aryl methyl sites for hydroxylation is 1. The molecule has 5 rings (SSSR count). The lowest BCUT2D eigenvalue weighted by atomic mass is 9.90. The van der Waals surface area contributed by atoms with Crippen LogP contribution in [-0.4, -0.2) is 51.9 Å². The number of amides is 1. The van der Waals surface area contributed by atoms with E-state index >= 15 is 0 Å². The molecule has 0 unspecified atom stereocenters. The average molecular weight is 439 g/mol. The number of hydrogen-bond donors (Lipinski definition) is 0. The van der Waals surface area contributed by atoms with Gasteiger partial charge < -0.3 is 4.90 Å². The van der Waals surface area contributed by atoms with Crippen LogP contribution in [-0.2, 0) is 11.3 Å². The first-order valence-corrected chi connectivity index (χ1v) is 10.6. The average Bonchev–Trinajstić information content (AvgIpc) is 3.30. The fourth-order valence-electron chi connectivity index (χ4n) is 5.25. The molecule has 2 saturated heterocycles. The Bertz CT molecular complexity index is 1130. The van der Waals surface area contributed by atoms with Crippen LogP contribution in [0, 0.1) is 11.8 Å². The van der Waals surface area contributed by atoms with Crippen molar-refractivity contribution in [2.75, 3.05) is 26.7 Å². The van der Waals surface area contributed by atoms with Crippen LogP contribution in [0.25, 0.3) is 10.9 Å². The number of rotatable bonds is 4. The van der Waals surface area contributed by atoms with Gasteiger partial charge in [0.15, 0.2) is 0 Å². The molecule has 1 aromatic heterocycles. The SMILES string of the molecule is CN1C[C@H]2CN(C(=O)CCn3cnc4ccccc4c3=O)C[C@H]2[C@@H]1c1ccccc1.Cl. The summed E-state index contributed by atoms with van der Waals surface area (Å²) in [6, 6.07) is 18.3. The number of nitrogens with zero attached hydrogens (tertiary/aromatic N) is 4. The molecular formula is C24H27ClN4O2. The van der Waals surface area contributed by atoms with Crippen molar-refractivity contribution in [1.82, 2.24) is 19.4 Å². The quantitative estimate of drug-likeness (QED) is 0.628. The number of likely N-dealkylation sites (tertiary alicyclic amines) is 2. The van der Waals surface area contributed by atoms with Crippen molar-refractivity contribution >= 4 is 29.2 Å². The van der Waals surface area contributed by atoms with Crippen LogP contribution in [0.3, 0.4) is 0 Å². The molecule has 3 aromatic rings. The first kappa shape index (κ1) is 21.5. The summed E-state index contributed by atoms with van der Waals surface area (Å²) >= 11 is 0. The minimum absolute atomic E-state index is 0. The zero-order valence-corrected chi connectivity index (χ0v) is 18.4. The van der Waals surface area contributed by atoms with Gasteiger partial charge in [-0.3, -0.25) is 19.1 Å². The van der Waals surface area contributed by atoms with E-state index in [2.05, 4.69) is 41.2 Å². The van der Waals surface area contributed by atoms with Crippen molar-refractivity contribution in [3.8, 4) is 0 Å². The van der Waals surface area contributed by atoms with Gasteiger partial charge in [-0.05, 0) is 30.7 Å². The largest absolute Gasteiger partial charge is 0.342 e. The van der Waals surface area contributed by atoms with E-state index in [1.54, 1.807) is 17.0 Å². The van der Waals surface area contributed by atoms with E-state index in [1.165, 1.54) is 5.56 Å². The summed E-state index contributed by atoms with van der Waals surface area (Å²) in [5, 5.41) is 0.594. The molecule has 0 N–H and O–H groups in total. The molecular weight excluding hydrogens is 412 g/mol. The van der Waals surface area contributed by atoms with E-state index < -0.39 is 0 Å². The monoisotopic (exact) mass is 438 g/mol. The lowest BCUT2D eigenvalue weighted by Gasteiger charge is -2.27. The summed E-state index contributed by atoms with van der Waals surface area (Å²) in [5.41, 5.74) is 1.93. The molecule has 3 heterocycles. The normalized spacial score (nSPS) is 23.0. The zero-order valence-electron chi connectivity index (χ0n) is 17.6. The van der Waals surface area contributed by atoms with Crippen molar-refractivity contribution in [2.45, 2.75) is 19.0 Å². The van der Waals surface area contributed by atoms with Gasteiger partial charge in [0.25, 0.3) is 5.56 Å². The molecule has 7 heteroatoms. The van der Waals surface area contributed by atoms with Crippen LogP contribution in [0.5, 0.6) is 0 Å². The predicted octanol–water partition coefficient (Wildman–Crippen LogP) is 2.97. The second-order valence-electron chi connectivity index (χ2n) is 8.53. The van der Waals surface area contributed by atoms with Gasteiger partial charge in [0.05, 0.1) is 17.2 Å². The topological polar surface area (TPSA) is 58.4 Å². The highest BCUT2D eigenvalue weighted by Crippen LogP contribution is 2.44. The number of aromatic nitrogens is 2. The summed E-state index contributed by atoms with van der Waals surface area (Å²) in [4.78, 5) is 34.3. The van der Waals surface area contributed by atoms with E-state index in [1.807, 2.05) is 29.2 Å². The minimum Gasteiger partial charge on any atom is -0.342 e. The number of hydrogen-bond acceptors (Lipinski definition) is 4. The van der Waals surface area contributed by atoms with Crippen LogP contribution in [0.4, 0.5) is 0 Å². The summed E-state index contributed by atoms with van der Waals surface area (Å²) < 4.78 is 1.55. The third-order valence-electron chi connectivity index (χ3n) is 6.69. The third kappa shape index (κ3) is 3.98. The molecule has 6 nitrogen and oxygen atoms in total. The van der Waals surface area contributed by atoms with E-state index in [0.717, 1.165) is 19.6 Å². The van der Waals surface area contributed by atoms with Crippen molar-refractivity contribution in [3.63, 3.8) is 0 Å². The number of benzene rings is 2. The summed E-state index contributed by atoms with van der Waals surface area (Å²) in [5.74, 6) is 1.10. The molecule has 0 radical (unpaired) electrons. The zero-order chi connectivity index (χ0) is 20.7. The molecule has 0 aliphatic carbocycles. The number of halogens is 1. The van der Waals surface area contributed by atoms with Gasteiger partial charge in [0.2, 0.25) is 5.91 Å². The number of carbonyl (C=O) groups is 1. The van der Waals surface area contributed by atoms with Gasteiger partial charge in [-0.1, -0.05) is 42.5 Å². The lowest BCUT2D eigenvalue weighted by Crippen LogP contribution is -2.34. The van der Waals surface area contributed by atoms with Crippen LogP contribution < -0.4 is 5.56 Å². The molecule has 0 saturated carbocycles. The van der Waals surface area contributed by atoms with Crippen LogP contribution in [0.1, 0.15) is 18.0 Å². The Morgan fingerprint density at radius 3 is 2.58 bits per heavy atom. The van der Waals surface area contributed by atoms with Crippen LogP contribution >= 0.6 is 12.4 Å². The Hall–Kier alpha value is -2.70. The standard InChI is InChI=1S/C24H26N4O2.ClH/c1-26-13-18-14-28(15-20(18)23(26)17-7-3-2-4-8-17)22(29)11-12-27-16-25-21-10-6-5-9-19(21)24(27)30;/h2-10,16,18,20,23H,11-15H2,1H3;1H/t18-,20+,23-;/m0./s1. The van der Waals surface area contributed by atoms with Gasteiger partial charge in [0, 0.05) is 44.6 Å². The Labute approximate surface area is 187 Å². The van der Waals surface area contributed by atoms with Crippen molar-refractivity contribution in [1.29, 1.82) is 0 Å². The minimum atomic E-state index is -0.0857. The predicted molar refractivity (Wildman–Crippen MR) is 123 cm³/mol. The maximum Gasteiger partial charge on any atom is 0.261 e. The highest BCUT2D eigenvalue weighted by Gasteiger charge is 2.46.